The van der Waals surface area contributed by atoms with Crippen LogP contribution in [0.3, 0.4) is 0 Å². The van der Waals surface area contributed by atoms with Crippen LogP contribution < -0.4 is 10.0 Å². The van der Waals surface area contributed by atoms with E-state index in [0.717, 1.165) is 32.4 Å². The van der Waals surface area contributed by atoms with Gasteiger partial charge in [0.15, 0.2) is 0 Å². The second kappa shape index (κ2) is 8.86. The summed E-state index contributed by atoms with van der Waals surface area (Å²) in [5, 5.41) is 3.24. The molecule has 1 atom stereocenters. The Balaban J connectivity index is 2.09. The van der Waals surface area contributed by atoms with E-state index in [-0.39, 0.29) is 11.8 Å². The Morgan fingerprint density at radius 2 is 2.11 bits per heavy atom. The summed E-state index contributed by atoms with van der Waals surface area (Å²) >= 11 is 0. The minimum atomic E-state index is -3.19. The Morgan fingerprint density at radius 1 is 1.32 bits per heavy atom. The predicted molar refractivity (Wildman–Crippen MR) is 76.8 cm³/mol. The fourth-order valence-electron chi connectivity index (χ4n) is 2.01. The van der Waals surface area contributed by atoms with Crippen molar-refractivity contribution in [3.8, 4) is 0 Å². The highest BCUT2D eigenvalue weighted by molar-refractivity contribution is 7.89. The Labute approximate surface area is 116 Å². The van der Waals surface area contributed by atoms with Crippen molar-refractivity contribution >= 4 is 10.0 Å². The molecule has 0 aliphatic carbocycles. The van der Waals surface area contributed by atoms with Crippen LogP contribution in [0, 0.1) is 0 Å². The maximum atomic E-state index is 11.8. The summed E-state index contributed by atoms with van der Waals surface area (Å²) in [5.74, 6) is 0.171. The van der Waals surface area contributed by atoms with Crippen LogP contribution >= 0.6 is 0 Å². The quantitative estimate of drug-likeness (QED) is 0.568. The number of hydrogen-bond acceptors (Lipinski definition) is 5. The summed E-state index contributed by atoms with van der Waals surface area (Å²) in [6.07, 6.45) is 3.20. The Hall–Kier alpha value is -0.210. The van der Waals surface area contributed by atoms with Gasteiger partial charge in [0.25, 0.3) is 0 Å². The highest BCUT2D eigenvalue weighted by Gasteiger charge is 2.20. The molecule has 0 aromatic heterocycles. The highest BCUT2D eigenvalue weighted by Crippen LogP contribution is 2.08. The molecule has 1 unspecified atom stereocenters. The minimum Gasteiger partial charge on any atom is -0.379 e. The van der Waals surface area contributed by atoms with Crippen LogP contribution in [0.4, 0.5) is 0 Å². The third-order valence-corrected chi connectivity index (χ3v) is 4.57. The molecule has 0 bridgehead atoms. The van der Waals surface area contributed by atoms with Gasteiger partial charge in [-0.05, 0) is 33.5 Å². The van der Waals surface area contributed by atoms with Crippen LogP contribution in [-0.4, -0.2) is 72.1 Å². The standard InChI is InChI=1S/C12H27N3O3S/c1-15(2)8-10-18-9-7-14-19(16,17)11-12-5-3-4-6-13-12/h12-14H,3-11H2,1-2H3. The van der Waals surface area contributed by atoms with Gasteiger partial charge >= 0.3 is 0 Å². The molecule has 2 N–H and O–H groups in total. The third kappa shape index (κ3) is 8.54. The van der Waals surface area contributed by atoms with Gasteiger partial charge in [-0.25, -0.2) is 13.1 Å². The summed E-state index contributed by atoms with van der Waals surface area (Å²) < 4.78 is 31.6. The van der Waals surface area contributed by atoms with E-state index in [1.165, 1.54) is 0 Å². The first kappa shape index (κ1) is 16.8. The summed E-state index contributed by atoms with van der Waals surface area (Å²) in [4.78, 5) is 2.03. The van der Waals surface area contributed by atoms with Crippen molar-refractivity contribution in [2.24, 2.45) is 0 Å². The van der Waals surface area contributed by atoms with Crippen molar-refractivity contribution in [3.05, 3.63) is 0 Å². The van der Waals surface area contributed by atoms with Gasteiger partial charge < -0.3 is 15.0 Å². The van der Waals surface area contributed by atoms with E-state index < -0.39 is 10.0 Å². The number of likely N-dealkylation sites (N-methyl/N-ethyl adjacent to an activating group) is 1. The summed E-state index contributed by atoms with van der Waals surface area (Å²) in [5.41, 5.74) is 0. The lowest BCUT2D eigenvalue weighted by molar-refractivity contribution is 0.122. The van der Waals surface area contributed by atoms with Crippen LogP contribution in [-0.2, 0) is 14.8 Å². The molecule has 7 heteroatoms. The summed E-state index contributed by atoms with van der Waals surface area (Å²) in [6, 6.07) is 0.0981. The monoisotopic (exact) mass is 293 g/mol. The second-order valence-corrected chi connectivity index (χ2v) is 7.09. The SMILES string of the molecule is CN(C)CCOCCNS(=O)(=O)CC1CCCCN1. The number of rotatable bonds is 9. The number of piperidine rings is 1. The molecule has 1 saturated heterocycles. The first-order chi connectivity index (χ1) is 8.99. The lowest BCUT2D eigenvalue weighted by Crippen LogP contribution is -2.43. The molecule has 0 spiro atoms. The molecule has 1 fully saturated rings. The van der Waals surface area contributed by atoms with E-state index in [0.29, 0.717) is 19.8 Å². The molecule has 1 aliphatic rings. The van der Waals surface area contributed by atoms with E-state index in [9.17, 15) is 8.42 Å². The first-order valence-electron chi connectivity index (χ1n) is 6.93. The number of ether oxygens (including phenoxy) is 1. The fraction of sp³-hybridized carbons (Fsp3) is 1.00. The van der Waals surface area contributed by atoms with Gasteiger partial charge in [0.1, 0.15) is 0 Å². The molecule has 1 rings (SSSR count). The third-order valence-electron chi connectivity index (χ3n) is 3.08. The highest BCUT2D eigenvalue weighted by atomic mass is 32.2. The van der Waals surface area contributed by atoms with Crippen LogP contribution in [0.25, 0.3) is 0 Å². The van der Waals surface area contributed by atoms with Crippen LogP contribution in [0.2, 0.25) is 0 Å². The Bertz CT molecular complexity index is 327. The van der Waals surface area contributed by atoms with Gasteiger partial charge in [-0.15, -0.1) is 0 Å². The van der Waals surface area contributed by atoms with E-state index in [2.05, 4.69) is 10.0 Å². The van der Waals surface area contributed by atoms with Crippen molar-refractivity contribution in [1.82, 2.24) is 14.9 Å². The molecule has 19 heavy (non-hydrogen) atoms. The molecular formula is C12H27N3O3S. The number of nitrogens with zero attached hydrogens (tertiary/aromatic N) is 1. The normalized spacial score (nSPS) is 20.9. The molecular weight excluding hydrogens is 266 g/mol. The molecule has 114 valence electrons. The van der Waals surface area contributed by atoms with Gasteiger partial charge in [-0.1, -0.05) is 6.42 Å². The fourth-order valence-corrected chi connectivity index (χ4v) is 3.33. The van der Waals surface area contributed by atoms with Crippen molar-refractivity contribution in [1.29, 1.82) is 0 Å². The van der Waals surface area contributed by atoms with E-state index in [1.807, 2.05) is 19.0 Å². The zero-order chi connectivity index (χ0) is 14.1. The molecule has 6 nitrogen and oxygen atoms in total. The van der Waals surface area contributed by atoms with Crippen LogP contribution in [0.1, 0.15) is 19.3 Å². The number of nitrogens with one attached hydrogen (secondary N) is 2. The molecule has 0 aromatic carbocycles. The largest absolute Gasteiger partial charge is 0.379 e. The van der Waals surface area contributed by atoms with E-state index >= 15 is 0 Å². The van der Waals surface area contributed by atoms with Gasteiger partial charge in [-0.2, -0.15) is 0 Å². The predicted octanol–water partition coefficient (Wildman–Crippen LogP) is -0.374. The van der Waals surface area contributed by atoms with Crippen molar-refractivity contribution in [2.75, 3.05) is 52.7 Å². The minimum absolute atomic E-state index is 0.0981. The van der Waals surface area contributed by atoms with Gasteiger partial charge in [0, 0.05) is 19.1 Å². The second-order valence-electron chi connectivity index (χ2n) is 5.24. The van der Waals surface area contributed by atoms with Crippen LogP contribution in [0.5, 0.6) is 0 Å². The average Bonchev–Trinajstić information content (AvgIpc) is 2.34. The average molecular weight is 293 g/mol. The molecule has 0 amide bonds. The molecule has 1 heterocycles. The smallest absolute Gasteiger partial charge is 0.213 e. The summed E-state index contributed by atoms with van der Waals surface area (Å²) in [6.45, 7) is 3.17. The zero-order valence-electron chi connectivity index (χ0n) is 12.0. The Morgan fingerprint density at radius 3 is 2.74 bits per heavy atom. The lowest BCUT2D eigenvalue weighted by Gasteiger charge is -2.23. The van der Waals surface area contributed by atoms with Crippen molar-refractivity contribution in [2.45, 2.75) is 25.3 Å². The van der Waals surface area contributed by atoms with E-state index in [1.54, 1.807) is 0 Å². The van der Waals surface area contributed by atoms with Gasteiger partial charge in [0.05, 0.1) is 19.0 Å². The zero-order valence-corrected chi connectivity index (χ0v) is 12.8. The van der Waals surface area contributed by atoms with Gasteiger partial charge in [0.2, 0.25) is 10.0 Å². The number of hydrogen-bond donors (Lipinski definition) is 2. The topological polar surface area (TPSA) is 70.7 Å². The molecule has 0 aromatic rings. The summed E-state index contributed by atoms with van der Waals surface area (Å²) in [7, 11) is 0.763. The van der Waals surface area contributed by atoms with Crippen molar-refractivity contribution in [3.63, 3.8) is 0 Å². The Kier molecular flexibility index (Phi) is 7.86. The van der Waals surface area contributed by atoms with Crippen molar-refractivity contribution < 1.29 is 13.2 Å². The van der Waals surface area contributed by atoms with E-state index in [4.69, 9.17) is 4.74 Å². The molecule has 0 radical (unpaired) electrons. The molecule has 1 aliphatic heterocycles. The first-order valence-corrected chi connectivity index (χ1v) is 8.58. The molecule has 0 saturated carbocycles. The van der Waals surface area contributed by atoms with Gasteiger partial charge in [-0.3, -0.25) is 0 Å². The van der Waals surface area contributed by atoms with Crippen LogP contribution in [0.15, 0.2) is 0 Å². The number of sulfonamides is 1. The maximum Gasteiger partial charge on any atom is 0.213 e. The maximum absolute atomic E-state index is 11.8. The lowest BCUT2D eigenvalue weighted by atomic mass is 10.1.